The van der Waals surface area contributed by atoms with Gasteiger partial charge in [0.1, 0.15) is 39.6 Å². The summed E-state index contributed by atoms with van der Waals surface area (Å²) in [5.74, 6) is -0.519. The molecule has 3 rings (SSSR count). The van der Waals surface area contributed by atoms with Crippen molar-refractivity contribution in [1.82, 2.24) is 0 Å². The maximum atomic E-state index is 12.6. The molecule has 1 atom stereocenters. The Hall–Kier alpha value is -3.04. The second kappa shape index (κ2) is 6.70. The summed E-state index contributed by atoms with van der Waals surface area (Å²) >= 11 is -2.84. The van der Waals surface area contributed by atoms with Crippen LogP contribution in [0.1, 0.15) is 5.56 Å². The monoisotopic (exact) mass is 377 g/mol. The second-order valence-electron chi connectivity index (χ2n) is 5.37. The van der Waals surface area contributed by atoms with Crippen molar-refractivity contribution >= 4 is 22.3 Å². The lowest BCUT2D eigenvalue weighted by molar-refractivity contribution is 0.408. The van der Waals surface area contributed by atoms with Crippen LogP contribution >= 0.6 is 0 Å². The predicted molar refractivity (Wildman–Crippen MR) is 92.1 cm³/mol. The first-order chi connectivity index (χ1) is 12.3. The summed E-state index contributed by atoms with van der Waals surface area (Å²) in [6, 6.07) is 6.63. The van der Waals surface area contributed by atoms with Crippen LogP contribution in [0.3, 0.4) is 0 Å². The highest BCUT2D eigenvalue weighted by molar-refractivity contribution is 7.74. The molecule has 0 amide bonds. The quantitative estimate of drug-likeness (QED) is 0.663. The minimum Gasteiger partial charge on any atom is -0.740 e. The standard InChI is InChI=1S/C17H14O8S/c1-8-16(20)15-12(19)6-10(23-2)7-14(15)24-17(8)9-3-4-13(11(18)5-9)25-26(21)22/h3-7,18-19H,1-2H3,(H,21,22)/p-1. The minimum absolute atomic E-state index is 0.0120. The number of hydrogen-bond donors (Lipinski definition) is 2. The molecule has 1 unspecified atom stereocenters. The number of ether oxygens (including phenoxy) is 1. The van der Waals surface area contributed by atoms with Crippen molar-refractivity contribution in [3.05, 3.63) is 46.1 Å². The van der Waals surface area contributed by atoms with Gasteiger partial charge in [-0.2, -0.15) is 0 Å². The normalized spacial score (nSPS) is 12.1. The Morgan fingerprint density at radius 2 is 1.88 bits per heavy atom. The molecule has 1 aromatic heterocycles. The number of methoxy groups -OCH3 is 1. The van der Waals surface area contributed by atoms with Gasteiger partial charge in [0.2, 0.25) is 0 Å². The third-order valence-electron chi connectivity index (χ3n) is 3.79. The first kappa shape index (κ1) is 17.8. The zero-order valence-corrected chi connectivity index (χ0v) is 14.5. The molecular formula is C17H13O8S-. The van der Waals surface area contributed by atoms with E-state index in [-0.39, 0.29) is 33.8 Å². The van der Waals surface area contributed by atoms with Crippen molar-refractivity contribution in [3.63, 3.8) is 0 Å². The van der Waals surface area contributed by atoms with Crippen LogP contribution in [0.25, 0.3) is 22.3 Å². The highest BCUT2D eigenvalue weighted by Gasteiger charge is 2.18. The molecule has 9 heteroatoms. The van der Waals surface area contributed by atoms with E-state index >= 15 is 0 Å². The Labute approximate surface area is 149 Å². The fourth-order valence-electron chi connectivity index (χ4n) is 2.56. The number of benzene rings is 2. The van der Waals surface area contributed by atoms with E-state index < -0.39 is 22.5 Å². The summed E-state index contributed by atoms with van der Waals surface area (Å²) in [6.07, 6.45) is 0. The molecule has 0 aliphatic rings. The van der Waals surface area contributed by atoms with Crippen molar-refractivity contribution in [2.75, 3.05) is 7.11 Å². The molecule has 26 heavy (non-hydrogen) atoms. The summed E-state index contributed by atoms with van der Waals surface area (Å²) in [5.41, 5.74) is 0.193. The van der Waals surface area contributed by atoms with Gasteiger partial charge in [0.05, 0.1) is 7.11 Å². The van der Waals surface area contributed by atoms with Gasteiger partial charge in [-0.25, -0.2) is 4.21 Å². The Bertz CT molecular complexity index is 1090. The van der Waals surface area contributed by atoms with Crippen LogP contribution in [0.2, 0.25) is 0 Å². The van der Waals surface area contributed by atoms with E-state index in [0.717, 1.165) is 0 Å². The highest BCUT2D eigenvalue weighted by atomic mass is 32.2. The van der Waals surface area contributed by atoms with Gasteiger partial charge in [-0.1, -0.05) is 0 Å². The molecule has 0 bridgehead atoms. The van der Waals surface area contributed by atoms with Gasteiger partial charge in [0.25, 0.3) is 0 Å². The van der Waals surface area contributed by atoms with Gasteiger partial charge in [0.15, 0.2) is 16.9 Å². The Balaban J connectivity index is 2.22. The number of phenolic OH excluding ortho intramolecular Hbond substituents is 2. The van der Waals surface area contributed by atoms with Crippen molar-refractivity contribution < 1.29 is 32.3 Å². The number of aromatic hydroxyl groups is 2. The Kier molecular flexibility index (Phi) is 4.58. The van der Waals surface area contributed by atoms with E-state index in [2.05, 4.69) is 4.18 Å². The van der Waals surface area contributed by atoms with Gasteiger partial charge in [-0.05, 0) is 25.1 Å². The van der Waals surface area contributed by atoms with Gasteiger partial charge < -0.3 is 28.1 Å². The van der Waals surface area contributed by atoms with E-state index in [1.54, 1.807) is 0 Å². The molecule has 1 heterocycles. The maximum Gasteiger partial charge on any atom is 0.199 e. The van der Waals surface area contributed by atoms with E-state index in [1.807, 2.05) is 0 Å². The molecule has 0 aliphatic carbocycles. The van der Waals surface area contributed by atoms with Crippen LogP contribution in [-0.2, 0) is 11.4 Å². The molecule has 0 saturated carbocycles. The molecule has 0 spiro atoms. The third kappa shape index (κ3) is 3.09. The van der Waals surface area contributed by atoms with Crippen LogP contribution in [0, 0.1) is 6.92 Å². The molecule has 0 aliphatic heterocycles. The second-order valence-corrected chi connectivity index (χ2v) is 5.95. The largest absolute Gasteiger partial charge is 0.740 e. The molecule has 3 aromatic rings. The van der Waals surface area contributed by atoms with Gasteiger partial charge in [-0.15, -0.1) is 0 Å². The minimum atomic E-state index is -2.84. The summed E-state index contributed by atoms with van der Waals surface area (Å²) in [4.78, 5) is 12.6. The van der Waals surface area contributed by atoms with Crippen molar-refractivity contribution in [2.45, 2.75) is 6.92 Å². The number of hydrogen-bond acceptors (Lipinski definition) is 8. The first-order valence-corrected chi connectivity index (χ1v) is 8.27. The van der Waals surface area contributed by atoms with E-state index in [0.29, 0.717) is 11.3 Å². The maximum absolute atomic E-state index is 12.6. The fourth-order valence-corrected chi connectivity index (χ4v) is 2.85. The first-order valence-electron chi connectivity index (χ1n) is 7.27. The molecule has 0 radical (unpaired) electrons. The van der Waals surface area contributed by atoms with Crippen molar-refractivity contribution in [1.29, 1.82) is 0 Å². The summed E-state index contributed by atoms with van der Waals surface area (Å²) in [6.45, 7) is 1.51. The Morgan fingerprint density at radius 1 is 1.15 bits per heavy atom. The summed E-state index contributed by atoms with van der Waals surface area (Å²) in [7, 11) is 1.41. The molecule has 136 valence electrons. The lowest BCUT2D eigenvalue weighted by Gasteiger charge is -2.12. The molecule has 0 fully saturated rings. The van der Waals surface area contributed by atoms with Crippen molar-refractivity contribution in [2.24, 2.45) is 0 Å². The van der Waals surface area contributed by atoms with Crippen LogP contribution in [0.5, 0.6) is 23.0 Å². The van der Waals surface area contributed by atoms with Gasteiger partial charge in [0, 0.05) is 23.3 Å². The predicted octanol–water partition coefficient (Wildman–Crippen LogP) is 2.36. The highest BCUT2D eigenvalue weighted by Crippen LogP contribution is 2.36. The van der Waals surface area contributed by atoms with E-state index in [4.69, 9.17) is 9.15 Å². The zero-order valence-electron chi connectivity index (χ0n) is 13.6. The lowest BCUT2D eigenvalue weighted by Crippen LogP contribution is -2.07. The number of phenols is 2. The summed E-state index contributed by atoms with van der Waals surface area (Å²) in [5, 5.41) is 20.0. The van der Waals surface area contributed by atoms with Gasteiger partial charge in [-0.3, -0.25) is 4.79 Å². The zero-order chi connectivity index (χ0) is 19.0. The molecule has 0 saturated heterocycles. The molecular weight excluding hydrogens is 364 g/mol. The van der Waals surface area contributed by atoms with E-state index in [9.17, 15) is 23.8 Å². The number of rotatable bonds is 4. The van der Waals surface area contributed by atoms with Crippen LogP contribution in [-0.4, -0.2) is 26.1 Å². The average molecular weight is 377 g/mol. The van der Waals surface area contributed by atoms with Gasteiger partial charge >= 0.3 is 0 Å². The summed E-state index contributed by atoms with van der Waals surface area (Å²) < 4.78 is 36.4. The van der Waals surface area contributed by atoms with Crippen LogP contribution in [0.15, 0.2) is 39.5 Å². The lowest BCUT2D eigenvalue weighted by atomic mass is 10.0. The topological polar surface area (TPSA) is 129 Å². The third-order valence-corrected chi connectivity index (χ3v) is 4.11. The Morgan fingerprint density at radius 3 is 2.50 bits per heavy atom. The smallest absolute Gasteiger partial charge is 0.199 e. The number of fused-ring (bicyclic) bond motifs is 1. The van der Waals surface area contributed by atoms with Crippen molar-refractivity contribution in [3.8, 4) is 34.3 Å². The molecule has 2 aromatic carbocycles. The fraction of sp³-hybridized carbons (Fsp3) is 0.118. The van der Waals surface area contributed by atoms with Crippen LogP contribution in [0.4, 0.5) is 0 Å². The SMILES string of the molecule is COc1cc(O)c2c(=O)c(C)c(-c3ccc(OS(=O)[O-])c(O)c3)oc2c1. The van der Waals surface area contributed by atoms with E-state index in [1.165, 1.54) is 44.4 Å². The van der Waals surface area contributed by atoms with Crippen LogP contribution < -0.4 is 14.3 Å². The molecule has 2 N–H and O–H groups in total. The molecule has 8 nitrogen and oxygen atoms in total. The average Bonchev–Trinajstić information content (AvgIpc) is 2.59.